The van der Waals surface area contributed by atoms with Crippen LogP contribution in [0.4, 0.5) is 5.95 Å². The number of anilines is 1. The van der Waals surface area contributed by atoms with Gasteiger partial charge in [-0.15, -0.1) is 0 Å². The van der Waals surface area contributed by atoms with E-state index in [1.54, 1.807) is 0 Å². The van der Waals surface area contributed by atoms with Crippen LogP contribution < -0.4 is 10.5 Å². The predicted octanol–water partition coefficient (Wildman–Crippen LogP) is 1.65. The molecule has 3 aromatic rings. The van der Waals surface area contributed by atoms with Crippen LogP contribution in [0.25, 0.3) is 10.9 Å². The van der Waals surface area contributed by atoms with Crippen molar-refractivity contribution in [1.82, 2.24) is 19.9 Å². The minimum absolute atomic E-state index is 0.00763. The van der Waals surface area contributed by atoms with E-state index in [4.69, 9.17) is 9.72 Å². The van der Waals surface area contributed by atoms with E-state index in [0.29, 0.717) is 25.7 Å². The maximum absolute atomic E-state index is 12.5. The third kappa shape index (κ3) is 3.13. The van der Waals surface area contributed by atoms with Crippen LogP contribution in [0.2, 0.25) is 0 Å². The summed E-state index contributed by atoms with van der Waals surface area (Å²) in [5.41, 5.74) is 4.20. The second-order valence-electron chi connectivity index (χ2n) is 7.23. The molecular weight excluding hydrogens is 342 g/mol. The van der Waals surface area contributed by atoms with Crippen LogP contribution in [0.1, 0.15) is 16.8 Å². The van der Waals surface area contributed by atoms with Crippen molar-refractivity contribution in [3.8, 4) is 0 Å². The normalized spacial score (nSPS) is 18.0. The van der Waals surface area contributed by atoms with Crippen LogP contribution >= 0.6 is 0 Å². The van der Waals surface area contributed by atoms with Crippen molar-refractivity contribution in [2.45, 2.75) is 19.5 Å². The molecule has 5 rings (SSSR count). The SMILES string of the molecule is O=c1[nH]c(N2CCOCC2)nc2c1CCN(Cc1c[nH]c3ccccc13)C2. The highest BCUT2D eigenvalue weighted by Gasteiger charge is 2.23. The number of nitrogens with one attached hydrogen (secondary N) is 2. The topological polar surface area (TPSA) is 77.2 Å². The van der Waals surface area contributed by atoms with Gasteiger partial charge in [-0.1, -0.05) is 18.2 Å². The number of fused-ring (bicyclic) bond motifs is 2. The highest BCUT2D eigenvalue weighted by atomic mass is 16.5. The summed E-state index contributed by atoms with van der Waals surface area (Å²) < 4.78 is 5.40. The Labute approximate surface area is 157 Å². The lowest BCUT2D eigenvalue weighted by molar-refractivity contribution is 0.122. The van der Waals surface area contributed by atoms with Gasteiger partial charge >= 0.3 is 0 Å². The number of rotatable bonds is 3. The van der Waals surface area contributed by atoms with E-state index in [2.05, 4.69) is 44.2 Å². The van der Waals surface area contributed by atoms with Gasteiger partial charge in [-0.05, 0) is 18.1 Å². The lowest BCUT2D eigenvalue weighted by atomic mass is 10.1. The molecule has 0 radical (unpaired) electrons. The van der Waals surface area contributed by atoms with Gasteiger partial charge in [0.25, 0.3) is 5.56 Å². The van der Waals surface area contributed by atoms with Gasteiger partial charge in [0, 0.05) is 55.4 Å². The standard InChI is InChI=1S/C20H23N5O2/c26-19-16-5-6-24(12-14-11-21-17-4-2-1-3-15(14)17)13-18(16)22-20(23-19)25-7-9-27-10-8-25/h1-4,11,21H,5-10,12-13H2,(H,22,23,26). The molecule has 140 valence electrons. The summed E-state index contributed by atoms with van der Waals surface area (Å²) >= 11 is 0. The fourth-order valence-corrected chi connectivity index (χ4v) is 4.04. The summed E-state index contributed by atoms with van der Waals surface area (Å²) in [6, 6.07) is 8.36. The van der Waals surface area contributed by atoms with E-state index in [1.807, 2.05) is 6.07 Å². The highest BCUT2D eigenvalue weighted by Crippen LogP contribution is 2.23. The number of para-hydroxylation sites is 1. The zero-order chi connectivity index (χ0) is 18.2. The van der Waals surface area contributed by atoms with Crippen LogP contribution in [0, 0.1) is 0 Å². The molecule has 1 fully saturated rings. The lowest BCUT2D eigenvalue weighted by Crippen LogP contribution is -2.40. The molecule has 0 atom stereocenters. The lowest BCUT2D eigenvalue weighted by Gasteiger charge is -2.30. The molecule has 1 aromatic carbocycles. The summed E-state index contributed by atoms with van der Waals surface area (Å²) in [6.07, 6.45) is 2.83. The number of hydrogen-bond acceptors (Lipinski definition) is 5. The third-order valence-electron chi connectivity index (χ3n) is 5.52. The van der Waals surface area contributed by atoms with Crippen molar-refractivity contribution in [2.75, 3.05) is 37.7 Å². The third-order valence-corrected chi connectivity index (χ3v) is 5.52. The molecule has 4 heterocycles. The molecule has 27 heavy (non-hydrogen) atoms. The van der Waals surface area contributed by atoms with Crippen molar-refractivity contribution in [3.05, 3.63) is 57.6 Å². The van der Waals surface area contributed by atoms with E-state index in [1.165, 1.54) is 10.9 Å². The van der Waals surface area contributed by atoms with Crippen molar-refractivity contribution in [1.29, 1.82) is 0 Å². The first-order valence-corrected chi connectivity index (χ1v) is 9.50. The smallest absolute Gasteiger partial charge is 0.255 e. The average molecular weight is 365 g/mol. The molecule has 0 bridgehead atoms. The Hall–Kier alpha value is -2.64. The molecule has 0 aliphatic carbocycles. The zero-order valence-corrected chi connectivity index (χ0v) is 15.2. The summed E-state index contributed by atoms with van der Waals surface area (Å²) in [5.74, 6) is 0.677. The van der Waals surface area contributed by atoms with Gasteiger partial charge in [0.15, 0.2) is 0 Å². The Morgan fingerprint density at radius 2 is 2.00 bits per heavy atom. The molecule has 0 unspecified atom stereocenters. The first kappa shape index (κ1) is 16.5. The molecule has 0 saturated carbocycles. The van der Waals surface area contributed by atoms with E-state index in [0.717, 1.165) is 49.4 Å². The van der Waals surface area contributed by atoms with Crippen LogP contribution in [-0.2, 0) is 24.2 Å². The van der Waals surface area contributed by atoms with Gasteiger partial charge in [-0.2, -0.15) is 0 Å². The monoisotopic (exact) mass is 365 g/mol. The first-order chi connectivity index (χ1) is 13.3. The summed E-state index contributed by atoms with van der Waals surface area (Å²) in [4.78, 5) is 28.1. The van der Waals surface area contributed by atoms with Crippen LogP contribution in [-0.4, -0.2) is 52.7 Å². The Balaban J connectivity index is 1.39. The fourth-order valence-electron chi connectivity index (χ4n) is 4.04. The van der Waals surface area contributed by atoms with Gasteiger partial charge in [-0.25, -0.2) is 4.98 Å². The molecule has 0 amide bonds. The van der Waals surface area contributed by atoms with Crippen molar-refractivity contribution >= 4 is 16.9 Å². The van der Waals surface area contributed by atoms with E-state index in [-0.39, 0.29) is 5.56 Å². The quantitative estimate of drug-likeness (QED) is 0.738. The van der Waals surface area contributed by atoms with Gasteiger partial charge in [0.1, 0.15) is 0 Å². The van der Waals surface area contributed by atoms with Crippen molar-refractivity contribution in [3.63, 3.8) is 0 Å². The number of H-pyrrole nitrogens is 2. The number of aromatic nitrogens is 3. The summed E-state index contributed by atoms with van der Waals surface area (Å²) in [7, 11) is 0. The number of hydrogen-bond donors (Lipinski definition) is 2. The first-order valence-electron chi connectivity index (χ1n) is 9.50. The second kappa shape index (κ2) is 6.83. The second-order valence-corrected chi connectivity index (χ2v) is 7.23. The van der Waals surface area contributed by atoms with Gasteiger partial charge in [0.05, 0.1) is 18.9 Å². The molecule has 2 aliphatic heterocycles. The zero-order valence-electron chi connectivity index (χ0n) is 15.2. The Bertz CT molecular complexity index is 1020. The number of morpholine rings is 1. The number of benzene rings is 1. The van der Waals surface area contributed by atoms with Crippen molar-refractivity contribution in [2.24, 2.45) is 0 Å². The maximum atomic E-state index is 12.5. The molecule has 2 aliphatic rings. The molecule has 2 aromatic heterocycles. The van der Waals surface area contributed by atoms with Gasteiger partial charge in [-0.3, -0.25) is 14.7 Å². The highest BCUT2D eigenvalue weighted by molar-refractivity contribution is 5.82. The Morgan fingerprint density at radius 1 is 1.15 bits per heavy atom. The molecule has 0 spiro atoms. The van der Waals surface area contributed by atoms with Crippen LogP contribution in [0.5, 0.6) is 0 Å². The molecule has 7 nitrogen and oxygen atoms in total. The fraction of sp³-hybridized carbons (Fsp3) is 0.400. The number of aromatic amines is 2. The minimum Gasteiger partial charge on any atom is -0.378 e. The van der Waals surface area contributed by atoms with E-state index < -0.39 is 0 Å². The van der Waals surface area contributed by atoms with Gasteiger partial charge < -0.3 is 14.6 Å². The molecule has 7 heteroatoms. The molecule has 1 saturated heterocycles. The molecule has 2 N–H and O–H groups in total. The maximum Gasteiger partial charge on any atom is 0.255 e. The summed E-state index contributed by atoms with van der Waals surface area (Å²) in [6.45, 7) is 5.30. The largest absolute Gasteiger partial charge is 0.378 e. The Kier molecular flexibility index (Phi) is 4.18. The summed E-state index contributed by atoms with van der Waals surface area (Å²) in [5, 5.41) is 1.26. The van der Waals surface area contributed by atoms with Crippen LogP contribution in [0.15, 0.2) is 35.3 Å². The van der Waals surface area contributed by atoms with Crippen LogP contribution in [0.3, 0.4) is 0 Å². The minimum atomic E-state index is 0.00763. The molecular formula is C20H23N5O2. The van der Waals surface area contributed by atoms with Gasteiger partial charge in [0.2, 0.25) is 5.95 Å². The van der Waals surface area contributed by atoms with E-state index >= 15 is 0 Å². The Morgan fingerprint density at radius 3 is 2.89 bits per heavy atom. The van der Waals surface area contributed by atoms with E-state index in [9.17, 15) is 4.79 Å². The van der Waals surface area contributed by atoms with Crippen molar-refractivity contribution < 1.29 is 4.74 Å². The predicted molar refractivity (Wildman–Crippen MR) is 104 cm³/mol. The number of nitrogens with zero attached hydrogens (tertiary/aromatic N) is 3. The average Bonchev–Trinajstić information content (AvgIpc) is 3.11. The number of ether oxygens (including phenoxy) is 1.